The van der Waals surface area contributed by atoms with Gasteiger partial charge in [-0.25, -0.2) is 4.79 Å². The van der Waals surface area contributed by atoms with Crippen LogP contribution >= 0.6 is 0 Å². The van der Waals surface area contributed by atoms with Gasteiger partial charge in [-0.1, -0.05) is 0 Å². The first-order chi connectivity index (χ1) is 10.2. The lowest BCUT2D eigenvalue weighted by molar-refractivity contribution is -0.0637. The summed E-state index contributed by atoms with van der Waals surface area (Å²) in [4.78, 5) is 18.0. The molecule has 6 nitrogen and oxygen atoms in total. The minimum absolute atomic E-state index is 0.196. The second kappa shape index (κ2) is 6.12. The number of carbonyl (C=O) groups is 1. The lowest BCUT2D eigenvalue weighted by atomic mass is 10.2. The van der Waals surface area contributed by atoms with Gasteiger partial charge in [-0.2, -0.15) is 0 Å². The molecular weight excluding hydrogens is 284 g/mol. The summed E-state index contributed by atoms with van der Waals surface area (Å²) in [6, 6.07) is 3.36. The van der Waals surface area contributed by atoms with E-state index in [1.807, 2.05) is 34.6 Å². The minimum atomic E-state index is -0.714. The highest BCUT2D eigenvalue weighted by molar-refractivity contribution is 5.69. The van der Waals surface area contributed by atoms with E-state index in [2.05, 4.69) is 4.98 Å². The van der Waals surface area contributed by atoms with Gasteiger partial charge in [-0.3, -0.25) is 9.88 Å². The average Bonchev–Trinajstić information content (AvgIpc) is 2.71. The Hall–Kier alpha value is -1.82. The van der Waals surface area contributed by atoms with Crippen LogP contribution < -0.4 is 4.74 Å². The van der Waals surface area contributed by atoms with Gasteiger partial charge in [0.25, 0.3) is 0 Å². The maximum absolute atomic E-state index is 12.5. The smallest absolute Gasteiger partial charge is 0.413 e. The van der Waals surface area contributed by atoms with Crippen molar-refractivity contribution in [3.05, 3.63) is 24.5 Å². The largest absolute Gasteiger partial charge is 0.491 e. The highest BCUT2D eigenvalue weighted by Gasteiger charge is 2.46. The van der Waals surface area contributed by atoms with E-state index in [1.165, 1.54) is 0 Å². The lowest BCUT2D eigenvalue weighted by Gasteiger charge is -2.34. The molecule has 1 aromatic rings. The normalized spacial score (nSPS) is 20.8. The Morgan fingerprint density at radius 2 is 2.05 bits per heavy atom. The summed E-state index contributed by atoms with van der Waals surface area (Å²) >= 11 is 0. The highest BCUT2D eigenvalue weighted by atomic mass is 16.6. The molecule has 0 saturated carbocycles. The zero-order chi connectivity index (χ0) is 16.4. The zero-order valence-corrected chi connectivity index (χ0v) is 13.8. The molecule has 1 aromatic heterocycles. The first-order valence-corrected chi connectivity index (χ1v) is 7.38. The molecule has 2 heterocycles. The van der Waals surface area contributed by atoms with Crippen LogP contribution in [0.15, 0.2) is 24.5 Å². The molecule has 122 valence electrons. The van der Waals surface area contributed by atoms with Crippen LogP contribution in [0.25, 0.3) is 0 Å². The SMILES string of the molecule is CC(C)(C)OC(=O)N1[C@@H](COc2ccncc2)COC1(C)C. The first kappa shape index (κ1) is 16.5. The molecule has 0 N–H and O–H groups in total. The Morgan fingerprint density at radius 1 is 1.41 bits per heavy atom. The molecule has 1 aliphatic heterocycles. The van der Waals surface area contributed by atoms with Crippen LogP contribution in [-0.2, 0) is 9.47 Å². The van der Waals surface area contributed by atoms with Crippen molar-refractivity contribution in [1.29, 1.82) is 0 Å². The maximum atomic E-state index is 12.5. The van der Waals surface area contributed by atoms with Gasteiger partial charge in [0.05, 0.1) is 12.6 Å². The van der Waals surface area contributed by atoms with E-state index in [4.69, 9.17) is 14.2 Å². The summed E-state index contributed by atoms with van der Waals surface area (Å²) in [6.45, 7) is 9.99. The highest BCUT2D eigenvalue weighted by Crippen LogP contribution is 2.29. The van der Waals surface area contributed by atoms with Crippen molar-refractivity contribution in [2.75, 3.05) is 13.2 Å². The van der Waals surface area contributed by atoms with Gasteiger partial charge < -0.3 is 14.2 Å². The number of rotatable bonds is 3. The number of nitrogens with zero attached hydrogens (tertiary/aromatic N) is 2. The van der Waals surface area contributed by atoms with Crippen LogP contribution in [0.5, 0.6) is 5.75 Å². The van der Waals surface area contributed by atoms with Gasteiger partial charge >= 0.3 is 6.09 Å². The zero-order valence-electron chi connectivity index (χ0n) is 13.8. The molecule has 0 aliphatic carbocycles. The molecule has 2 rings (SSSR count). The van der Waals surface area contributed by atoms with Crippen molar-refractivity contribution >= 4 is 6.09 Å². The van der Waals surface area contributed by atoms with Crippen LogP contribution in [0.3, 0.4) is 0 Å². The number of ether oxygens (including phenoxy) is 3. The van der Waals surface area contributed by atoms with Gasteiger partial charge in [-0.05, 0) is 46.8 Å². The molecule has 1 aliphatic rings. The van der Waals surface area contributed by atoms with E-state index in [1.54, 1.807) is 29.4 Å². The first-order valence-electron chi connectivity index (χ1n) is 7.38. The molecule has 0 radical (unpaired) electrons. The van der Waals surface area contributed by atoms with Crippen molar-refractivity contribution in [3.63, 3.8) is 0 Å². The van der Waals surface area contributed by atoms with Gasteiger partial charge in [0.15, 0.2) is 0 Å². The van der Waals surface area contributed by atoms with Crippen LogP contribution in [0, 0.1) is 0 Å². The summed E-state index contributed by atoms with van der Waals surface area (Å²) in [7, 11) is 0. The van der Waals surface area contributed by atoms with Gasteiger partial charge in [0.1, 0.15) is 23.7 Å². The van der Waals surface area contributed by atoms with Crippen molar-refractivity contribution in [1.82, 2.24) is 9.88 Å². The van der Waals surface area contributed by atoms with E-state index in [0.717, 1.165) is 0 Å². The van der Waals surface area contributed by atoms with Crippen LogP contribution in [0.4, 0.5) is 4.79 Å². The molecule has 0 unspecified atom stereocenters. The summed E-state index contributed by atoms with van der Waals surface area (Å²) in [5, 5.41) is 0. The number of amides is 1. The van der Waals surface area contributed by atoms with Crippen molar-refractivity contribution in [2.45, 2.75) is 52.0 Å². The average molecular weight is 308 g/mol. The van der Waals surface area contributed by atoms with Crippen molar-refractivity contribution in [2.24, 2.45) is 0 Å². The van der Waals surface area contributed by atoms with Crippen LogP contribution in [0.2, 0.25) is 0 Å². The number of hydrogen-bond acceptors (Lipinski definition) is 5. The van der Waals surface area contributed by atoms with Crippen molar-refractivity contribution in [3.8, 4) is 5.75 Å². The predicted octanol–water partition coefficient (Wildman–Crippen LogP) is 2.83. The number of pyridine rings is 1. The fourth-order valence-electron chi connectivity index (χ4n) is 2.31. The maximum Gasteiger partial charge on any atom is 0.413 e. The summed E-state index contributed by atoms with van der Waals surface area (Å²) in [5.74, 6) is 0.712. The van der Waals surface area contributed by atoms with Crippen molar-refractivity contribution < 1.29 is 19.0 Å². The van der Waals surface area contributed by atoms with Gasteiger partial charge in [0, 0.05) is 12.4 Å². The third-order valence-electron chi connectivity index (χ3n) is 3.26. The minimum Gasteiger partial charge on any atom is -0.491 e. The molecule has 6 heteroatoms. The summed E-state index contributed by atoms with van der Waals surface area (Å²) in [6.07, 6.45) is 2.94. The number of aromatic nitrogens is 1. The third kappa shape index (κ3) is 4.10. The molecule has 1 atom stereocenters. The molecule has 1 fully saturated rings. The second-order valence-electron chi connectivity index (χ2n) is 6.76. The van der Waals surface area contributed by atoms with E-state index < -0.39 is 17.4 Å². The Bertz CT molecular complexity index is 511. The van der Waals surface area contributed by atoms with Crippen LogP contribution in [-0.4, -0.2) is 46.6 Å². The second-order valence-corrected chi connectivity index (χ2v) is 6.76. The molecule has 1 saturated heterocycles. The Morgan fingerprint density at radius 3 is 2.64 bits per heavy atom. The number of carbonyl (C=O) groups excluding carboxylic acids is 1. The molecule has 0 bridgehead atoms. The summed E-state index contributed by atoms with van der Waals surface area (Å²) in [5.41, 5.74) is -1.26. The Labute approximate surface area is 131 Å². The molecular formula is C16H24N2O4. The molecule has 0 aromatic carbocycles. The van der Waals surface area contributed by atoms with E-state index in [-0.39, 0.29) is 6.04 Å². The lowest BCUT2D eigenvalue weighted by Crippen LogP contribution is -2.51. The molecule has 1 amide bonds. The topological polar surface area (TPSA) is 60.9 Å². The predicted molar refractivity (Wildman–Crippen MR) is 81.6 cm³/mol. The van der Waals surface area contributed by atoms with E-state index in [0.29, 0.717) is 19.0 Å². The third-order valence-corrected chi connectivity index (χ3v) is 3.26. The molecule has 22 heavy (non-hydrogen) atoms. The number of hydrogen-bond donors (Lipinski definition) is 0. The molecule has 0 spiro atoms. The standard InChI is InChI=1S/C16H24N2O4/c1-15(2,3)22-14(19)18-12(11-21-16(18,4)5)10-20-13-6-8-17-9-7-13/h6-9,12H,10-11H2,1-5H3/t12-/m0/s1. The Balaban J connectivity index is 2.04. The van der Waals surface area contributed by atoms with Gasteiger partial charge in [0.2, 0.25) is 0 Å². The fourth-order valence-corrected chi connectivity index (χ4v) is 2.31. The summed E-state index contributed by atoms with van der Waals surface area (Å²) < 4.78 is 16.9. The van der Waals surface area contributed by atoms with Crippen LogP contribution in [0.1, 0.15) is 34.6 Å². The van der Waals surface area contributed by atoms with Gasteiger partial charge in [-0.15, -0.1) is 0 Å². The fraction of sp³-hybridized carbons (Fsp3) is 0.625. The Kier molecular flexibility index (Phi) is 4.60. The monoisotopic (exact) mass is 308 g/mol. The quantitative estimate of drug-likeness (QED) is 0.859. The van der Waals surface area contributed by atoms with E-state index in [9.17, 15) is 4.79 Å². The van der Waals surface area contributed by atoms with E-state index >= 15 is 0 Å².